The van der Waals surface area contributed by atoms with E-state index in [2.05, 4.69) is 5.32 Å². The van der Waals surface area contributed by atoms with Crippen LogP contribution in [-0.2, 0) is 32.3 Å². The SMILES string of the molecule is CCNC(=O)[C@H](CC)N(Cc1ccc(Cl)c(Cl)c1)C(=O)CN(c1ccc(Cl)c(C(F)(F)F)c1)S(C)(=O)=O. The number of rotatable bonds is 10. The normalized spacial score (nSPS) is 12.7. The van der Waals surface area contributed by atoms with Crippen molar-refractivity contribution in [1.29, 1.82) is 0 Å². The molecule has 0 aliphatic rings. The fraction of sp³-hybridized carbons (Fsp3) is 0.391. The van der Waals surface area contributed by atoms with Crippen LogP contribution in [0.3, 0.4) is 0 Å². The van der Waals surface area contributed by atoms with Crippen LogP contribution in [0, 0.1) is 0 Å². The van der Waals surface area contributed by atoms with Crippen molar-refractivity contribution in [3.63, 3.8) is 0 Å². The Hall–Kier alpha value is -2.21. The fourth-order valence-electron chi connectivity index (χ4n) is 3.55. The van der Waals surface area contributed by atoms with Crippen LogP contribution in [-0.4, -0.2) is 50.5 Å². The summed E-state index contributed by atoms with van der Waals surface area (Å²) in [6.45, 7) is 2.63. The molecule has 0 aliphatic carbocycles. The minimum absolute atomic E-state index is 0.141. The summed E-state index contributed by atoms with van der Waals surface area (Å²) >= 11 is 17.7. The Morgan fingerprint density at radius 2 is 1.62 bits per heavy atom. The zero-order chi connectivity index (χ0) is 28.1. The third-order valence-electron chi connectivity index (χ3n) is 5.30. The number of halogens is 6. The van der Waals surface area contributed by atoms with Gasteiger partial charge in [0.2, 0.25) is 21.8 Å². The first-order valence-electron chi connectivity index (χ1n) is 11.0. The first-order chi connectivity index (χ1) is 17.1. The molecule has 1 N–H and O–H groups in total. The van der Waals surface area contributed by atoms with Crippen LogP contribution in [0.4, 0.5) is 18.9 Å². The summed E-state index contributed by atoms with van der Waals surface area (Å²) in [5, 5.41) is 2.48. The summed E-state index contributed by atoms with van der Waals surface area (Å²) in [4.78, 5) is 27.4. The van der Waals surface area contributed by atoms with E-state index < -0.39 is 56.9 Å². The predicted molar refractivity (Wildman–Crippen MR) is 138 cm³/mol. The van der Waals surface area contributed by atoms with E-state index in [0.717, 1.165) is 23.3 Å². The molecule has 0 saturated carbocycles. The maximum absolute atomic E-state index is 13.5. The van der Waals surface area contributed by atoms with Gasteiger partial charge in [0, 0.05) is 13.1 Å². The van der Waals surface area contributed by atoms with Crippen LogP contribution in [0.1, 0.15) is 31.4 Å². The van der Waals surface area contributed by atoms with Gasteiger partial charge in [-0.3, -0.25) is 13.9 Å². The van der Waals surface area contributed by atoms with E-state index in [-0.39, 0.29) is 29.6 Å². The van der Waals surface area contributed by atoms with Crippen LogP contribution >= 0.6 is 34.8 Å². The number of carbonyl (C=O) groups excluding carboxylic acids is 2. The quantitative estimate of drug-likeness (QED) is 0.396. The van der Waals surface area contributed by atoms with E-state index >= 15 is 0 Å². The minimum atomic E-state index is -4.86. The zero-order valence-electron chi connectivity index (χ0n) is 20.1. The third-order valence-corrected chi connectivity index (χ3v) is 7.51. The van der Waals surface area contributed by atoms with Crippen molar-refractivity contribution in [1.82, 2.24) is 10.2 Å². The lowest BCUT2D eigenvalue weighted by atomic mass is 10.1. The highest BCUT2D eigenvalue weighted by Gasteiger charge is 2.36. The Morgan fingerprint density at radius 1 is 1.00 bits per heavy atom. The molecule has 2 rings (SSSR count). The van der Waals surface area contributed by atoms with E-state index in [1.54, 1.807) is 19.9 Å². The molecule has 0 aromatic heterocycles. The van der Waals surface area contributed by atoms with Gasteiger partial charge in [0.25, 0.3) is 0 Å². The van der Waals surface area contributed by atoms with Crippen LogP contribution < -0.4 is 9.62 Å². The van der Waals surface area contributed by atoms with Crippen molar-refractivity contribution in [2.75, 3.05) is 23.7 Å². The second-order valence-corrected chi connectivity index (χ2v) is 11.1. The molecule has 0 spiro atoms. The lowest BCUT2D eigenvalue weighted by Crippen LogP contribution is -2.52. The standard InChI is InChI=1S/C23H25Cl3F3N3O4S/c1-4-20(22(34)30-5-2)31(12-14-6-8-18(25)19(26)10-14)21(33)13-32(37(3,35)36)15-7-9-17(24)16(11-15)23(27,28)29/h6-11,20H,4-5,12-13H2,1-3H3,(H,30,34)/t20-/m0/s1. The molecule has 0 radical (unpaired) electrons. The van der Waals surface area contributed by atoms with Gasteiger partial charge in [-0.1, -0.05) is 47.8 Å². The molecule has 0 heterocycles. The second kappa shape index (κ2) is 12.6. The van der Waals surface area contributed by atoms with Crippen LogP contribution in [0.5, 0.6) is 0 Å². The molecule has 7 nitrogen and oxygen atoms in total. The summed E-state index contributed by atoms with van der Waals surface area (Å²) in [6, 6.07) is 6.11. The number of carbonyl (C=O) groups is 2. The molecule has 2 amide bonds. The number of nitrogens with zero attached hydrogens (tertiary/aromatic N) is 2. The first-order valence-corrected chi connectivity index (χ1v) is 13.9. The van der Waals surface area contributed by atoms with Crippen molar-refractivity contribution >= 4 is 62.3 Å². The summed E-state index contributed by atoms with van der Waals surface area (Å²) in [7, 11) is -4.23. The molecular formula is C23H25Cl3F3N3O4S. The average molecular weight is 603 g/mol. The van der Waals surface area contributed by atoms with Gasteiger partial charge in [0.1, 0.15) is 12.6 Å². The number of hydrogen-bond donors (Lipinski definition) is 1. The number of hydrogen-bond acceptors (Lipinski definition) is 4. The van der Waals surface area contributed by atoms with E-state index in [1.807, 2.05) is 0 Å². The van der Waals surface area contributed by atoms with Gasteiger partial charge in [-0.2, -0.15) is 13.2 Å². The van der Waals surface area contributed by atoms with E-state index in [1.165, 1.54) is 12.1 Å². The van der Waals surface area contributed by atoms with Gasteiger partial charge < -0.3 is 10.2 Å². The van der Waals surface area contributed by atoms with Gasteiger partial charge in [-0.25, -0.2) is 8.42 Å². The summed E-state index contributed by atoms with van der Waals surface area (Å²) in [6.07, 6.45) is -3.92. The molecule has 0 saturated heterocycles. The van der Waals surface area contributed by atoms with E-state index in [0.29, 0.717) is 15.9 Å². The number of benzene rings is 2. The van der Waals surface area contributed by atoms with Crippen molar-refractivity contribution < 1.29 is 31.2 Å². The molecule has 0 aliphatic heterocycles. The summed E-state index contributed by atoms with van der Waals surface area (Å²) in [5.41, 5.74) is -1.16. The number of nitrogens with one attached hydrogen (secondary N) is 1. The smallest absolute Gasteiger partial charge is 0.355 e. The highest BCUT2D eigenvalue weighted by atomic mass is 35.5. The van der Waals surface area contributed by atoms with Gasteiger partial charge in [0.05, 0.1) is 32.6 Å². The minimum Gasteiger partial charge on any atom is -0.355 e. The number of amides is 2. The van der Waals surface area contributed by atoms with Crippen LogP contribution in [0.2, 0.25) is 15.1 Å². The largest absolute Gasteiger partial charge is 0.417 e. The maximum Gasteiger partial charge on any atom is 0.417 e. The highest BCUT2D eigenvalue weighted by molar-refractivity contribution is 7.92. The number of likely N-dealkylation sites (N-methyl/N-ethyl adjacent to an activating group) is 1. The van der Waals surface area contributed by atoms with Gasteiger partial charge in [-0.15, -0.1) is 0 Å². The van der Waals surface area contributed by atoms with Gasteiger partial charge >= 0.3 is 6.18 Å². The van der Waals surface area contributed by atoms with Crippen molar-refractivity contribution in [3.8, 4) is 0 Å². The van der Waals surface area contributed by atoms with E-state index in [4.69, 9.17) is 34.8 Å². The summed E-state index contributed by atoms with van der Waals surface area (Å²) in [5.74, 6) is -1.30. The van der Waals surface area contributed by atoms with Crippen molar-refractivity contribution in [2.24, 2.45) is 0 Å². The average Bonchev–Trinajstić information content (AvgIpc) is 2.78. The number of anilines is 1. The predicted octanol–water partition coefficient (Wildman–Crippen LogP) is 5.38. The van der Waals surface area contributed by atoms with E-state index in [9.17, 15) is 31.2 Å². The third kappa shape index (κ3) is 8.13. The molecule has 0 unspecified atom stereocenters. The lowest BCUT2D eigenvalue weighted by molar-refractivity contribution is -0.140. The molecular weight excluding hydrogens is 578 g/mol. The Labute approximate surface area is 228 Å². The van der Waals surface area contributed by atoms with Crippen molar-refractivity contribution in [3.05, 3.63) is 62.6 Å². The summed E-state index contributed by atoms with van der Waals surface area (Å²) < 4.78 is 65.9. The number of sulfonamides is 1. The molecule has 37 heavy (non-hydrogen) atoms. The molecule has 14 heteroatoms. The molecule has 2 aromatic rings. The Bertz CT molecular complexity index is 1260. The monoisotopic (exact) mass is 601 g/mol. The van der Waals surface area contributed by atoms with Crippen molar-refractivity contribution in [2.45, 2.75) is 39.0 Å². The lowest BCUT2D eigenvalue weighted by Gasteiger charge is -2.33. The first kappa shape index (κ1) is 31.0. The highest BCUT2D eigenvalue weighted by Crippen LogP contribution is 2.37. The van der Waals surface area contributed by atoms with Gasteiger partial charge in [0.15, 0.2) is 0 Å². The molecule has 204 valence electrons. The number of alkyl halides is 3. The Balaban J connectivity index is 2.54. The fourth-order valence-corrected chi connectivity index (χ4v) is 4.93. The molecule has 0 fully saturated rings. The maximum atomic E-state index is 13.5. The molecule has 2 aromatic carbocycles. The van der Waals surface area contributed by atoms with Crippen LogP contribution in [0.25, 0.3) is 0 Å². The van der Waals surface area contributed by atoms with Gasteiger partial charge in [-0.05, 0) is 49.2 Å². The second-order valence-electron chi connectivity index (χ2n) is 8.02. The Morgan fingerprint density at radius 3 is 2.14 bits per heavy atom. The molecule has 1 atom stereocenters. The molecule has 0 bridgehead atoms. The van der Waals surface area contributed by atoms with Crippen LogP contribution in [0.15, 0.2) is 36.4 Å². The zero-order valence-corrected chi connectivity index (χ0v) is 23.2. The topological polar surface area (TPSA) is 86.8 Å². The Kier molecular flexibility index (Phi) is 10.5.